The summed E-state index contributed by atoms with van der Waals surface area (Å²) in [4.78, 5) is 14.3. The lowest BCUT2D eigenvalue weighted by Crippen LogP contribution is -2.43. The molecule has 0 saturated heterocycles. The van der Waals surface area contributed by atoms with Gasteiger partial charge in [-0.3, -0.25) is 9.20 Å². The van der Waals surface area contributed by atoms with Gasteiger partial charge in [0, 0.05) is 16.5 Å². The van der Waals surface area contributed by atoms with E-state index in [1.807, 2.05) is 41.7 Å². The van der Waals surface area contributed by atoms with Crippen LogP contribution in [-0.2, 0) is 11.8 Å². The van der Waals surface area contributed by atoms with Crippen molar-refractivity contribution in [3.63, 3.8) is 0 Å². The normalized spacial score (nSPS) is 16.9. The second kappa shape index (κ2) is 6.76. The van der Waals surface area contributed by atoms with E-state index in [9.17, 15) is 4.79 Å². The number of nitrogens with zero attached hydrogens (tertiary/aromatic N) is 3. The molecule has 0 atom stereocenters. The van der Waals surface area contributed by atoms with Gasteiger partial charge in [-0.15, -0.1) is 5.10 Å². The number of benzene rings is 2. The molecule has 0 amide bonds. The summed E-state index contributed by atoms with van der Waals surface area (Å²) in [6.45, 7) is 2.04. The summed E-state index contributed by atoms with van der Waals surface area (Å²) in [6.07, 6.45) is 6.52. The highest BCUT2D eigenvalue weighted by molar-refractivity contribution is 7.71. The summed E-state index contributed by atoms with van der Waals surface area (Å²) < 4.78 is 4.26. The number of aryl methyl sites for hydroxylation is 1. The van der Waals surface area contributed by atoms with Crippen molar-refractivity contribution in [1.82, 2.24) is 19.2 Å². The van der Waals surface area contributed by atoms with Crippen LogP contribution in [0.5, 0.6) is 0 Å². The van der Waals surface area contributed by atoms with Gasteiger partial charge in [-0.1, -0.05) is 55.7 Å². The van der Waals surface area contributed by atoms with E-state index in [1.54, 1.807) is 4.57 Å². The maximum absolute atomic E-state index is 14.3. The van der Waals surface area contributed by atoms with Crippen molar-refractivity contribution in [3.05, 3.63) is 80.3 Å². The van der Waals surface area contributed by atoms with Crippen molar-refractivity contribution in [3.8, 4) is 16.9 Å². The van der Waals surface area contributed by atoms with Crippen LogP contribution >= 0.6 is 12.2 Å². The number of rotatable bonds is 1. The van der Waals surface area contributed by atoms with Crippen LogP contribution in [0.25, 0.3) is 22.7 Å². The fraction of sp³-hybridized carbons (Fsp3) is 0.320. The number of fused-ring (bicyclic) bond motifs is 6. The maximum atomic E-state index is 14.3. The van der Waals surface area contributed by atoms with Crippen LogP contribution < -0.4 is 5.56 Å². The Morgan fingerprint density at radius 3 is 2.68 bits per heavy atom. The highest BCUT2D eigenvalue weighted by Gasteiger charge is 2.44. The number of H-pyrrole nitrogens is 1. The average Bonchev–Trinajstić information content (AvgIpc) is 3.15. The number of hydrogen-bond donors (Lipinski definition) is 1. The fourth-order valence-corrected chi connectivity index (χ4v) is 6.02. The van der Waals surface area contributed by atoms with Crippen LogP contribution in [0.1, 0.15) is 48.8 Å². The van der Waals surface area contributed by atoms with Gasteiger partial charge in [0.15, 0.2) is 0 Å². The molecule has 1 spiro atoms. The van der Waals surface area contributed by atoms with E-state index in [0.717, 1.165) is 60.2 Å². The first-order valence-corrected chi connectivity index (χ1v) is 11.4. The minimum absolute atomic E-state index is 0.0403. The molecule has 2 aliphatic rings. The molecule has 5 nitrogen and oxygen atoms in total. The Kier molecular flexibility index (Phi) is 4.09. The summed E-state index contributed by atoms with van der Waals surface area (Å²) in [6, 6.07) is 16.5. The summed E-state index contributed by atoms with van der Waals surface area (Å²) in [5.41, 5.74) is 6.08. The third-order valence-electron chi connectivity index (χ3n) is 7.13. The van der Waals surface area contributed by atoms with Crippen molar-refractivity contribution in [1.29, 1.82) is 0 Å². The first-order chi connectivity index (χ1) is 15.1. The zero-order chi connectivity index (χ0) is 21.2. The molecule has 1 fully saturated rings. The molecule has 6 heteroatoms. The molecule has 1 N–H and O–H groups in total. The van der Waals surface area contributed by atoms with Crippen LogP contribution in [-0.4, -0.2) is 19.2 Å². The molecule has 0 radical (unpaired) electrons. The second-order valence-corrected chi connectivity index (χ2v) is 9.43. The van der Waals surface area contributed by atoms with E-state index >= 15 is 0 Å². The summed E-state index contributed by atoms with van der Waals surface area (Å²) in [7, 11) is 0. The van der Waals surface area contributed by atoms with Gasteiger partial charge in [0.1, 0.15) is 0 Å². The van der Waals surface area contributed by atoms with Crippen LogP contribution in [0.4, 0.5) is 0 Å². The summed E-state index contributed by atoms with van der Waals surface area (Å²) >= 11 is 5.70. The van der Waals surface area contributed by atoms with E-state index in [0.29, 0.717) is 10.5 Å². The Morgan fingerprint density at radius 1 is 1.06 bits per heavy atom. The lowest BCUT2D eigenvalue weighted by molar-refractivity contribution is 0.284. The Balaban J connectivity index is 1.82. The second-order valence-electron chi connectivity index (χ2n) is 9.04. The zero-order valence-corrected chi connectivity index (χ0v) is 18.3. The van der Waals surface area contributed by atoms with Gasteiger partial charge in [-0.25, -0.2) is 9.67 Å². The molecule has 1 saturated carbocycles. The molecule has 6 rings (SSSR count). The predicted octanol–water partition coefficient (Wildman–Crippen LogP) is 5.28. The molecule has 2 aliphatic carbocycles. The third-order valence-corrected chi connectivity index (χ3v) is 7.41. The Bertz CT molecular complexity index is 1450. The quantitative estimate of drug-likeness (QED) is 0.420. The number of aromatic nitrogens is 4. The Hall–Kier alpha value is -2.99. The third kappa shape index (κ3) is 2.64. The monoisotopic (exact) mass is 428 g/mol. The zero-order valence-electron chi connectivity index (χ0n) is 17.5. The fourth-order valence-electron chi connectivity index (χ4n) is 5.80. The standard InChI is InChI=1S/C25H24N4OS/c1-16-8-7-10-18(14-16)28-22(30)20-21(29-23(28)26-27-24(29)31)19-11-4-3-9-17(19)15-25(20)12-5-2-6-13-25/h3-4,7-11,14H,2,5-6,12-13,15H2,1H3,(H,27,31). The van der Waals surface area contributed by atoms with Crippen molar-refractivity contribution < 1.29 is 0 Å². The minimum atomic E-state index is -0.148. The highest BCUT2D eigenvalue weighted by atomic mass is 32.1. The molecular weight excluding hydrogens is 404 g/mol. The van der Waals surface area contributed by atoms with Crippen LogP contribution in [0, 0.1) is 11.7 Å². The highest BCUT2D eigenvalue weighted by Crippen LogP contribution is 2.49. The van der Waals surface area contributed by atoms with Gasteiger partial charge in [0.05, 0.1) is 11.4 Å². The van der Waals surface area contributed by atoms with E-state index < -0.39 is 0 Å². The topological polar surface area (TPSA) is 55.1 Å². The summed E-state index contributed by atoms with van der Waals surface area (Å²) in [5, 5.41) is 7.47. The van der Waals surface area contributed by atoms with E-state index in [1.165, 1.54) is 12.0 Å². The smallest absolute Gasteiger partial charge is 0.263 e. The summed E-state index contributed by atoms with van der Waals surface area (Å²) in [5.74, 6) is 0.544. The molecule has 2 aromatic heterocycles. The van der Waals surface area contributed by atoms with Crippen molar-refractivity contribution in [2.45, 2.75) is 50.9 Å². The van der Waals surface area contributed by atoms with E-state index in [-0.39, 0.29) is 11.0 Å². The first kappa shape index (κ1) is 18.8. The molecule has 0 unspecified atom stereocenters. The molecule has 31 heavy (non-hydrogen) atoms. The lowest BCUT2D eigenvalue weighted by atomic mass is 9.62. The molecule has 0 bridgehead atoms. The van der Waals surface area contributed by atoms with Crippen molar-refractivity contribution in [2.24, 2.45) is 0 Å². The van der Waals surface area contributed by atoms with Crippen LogP contribution in [0.3, 0.4) is 0 Å². The minimum Gasteiger partial charge on any atom is -0.268 e. The van der Waals surface area contributed by atoms with Gasteiger partial charge in [0.25, 0.3) is 5.56 Å². The largest absolute Gasteiger partial charge is 0.268 e. The number of hydrogen-bond acceptors (Lipinski definition) is 3. The predicted molar refractivity (Wildman–Crippen MR) is 125 cm³/mol. The average molecular weight is 429 g/mol. The van der Waals surface area contributed by atoms with Crippen molar-refractivity contribution in [2.75, 3.05) is 0 Å². The molecular formula is C25H24N4OS. The van der Waals surface area contributed by atoms with E-state index in [2.05, 4.69) is 28.4 Å². The van der Waals surface area contributed by atoms with Gasteiger partial charge in [-0.05, 0) is 61.7 Å². The van der Waals surface area contributed by atoms with E-state index in [4.69, 9.17) is 12.2 Å². The maximum Gasteiger partial charge on any atom is 0.263 e. The van der Waals surface area contributed by atoms with Crippen LogP contribution in [0.2, 0.25) is 0 Å². The van der Waals surface area contributed by atoms with Gasteiger partial charge < -0.3 is 0 Å². The van der Waals surface area contributed by atoms with Gasteiger partial charge >= 0.3 is 0 Å². The lowest BCUT2D eigenvalue weighted by Gasteiger charge is -2.42. The Labute approximate surface area is 185 Å². The molecule has 4 aromatic rings. The first-order valence-electron chi connectivity index (χ1n) is 11.0. The van der Waals surface area contributed by atoms with Gasteiger partial charge in [-0.2, -0.15) is 0 Å². The molecule has 2 heterocycles. The van der Waals surface area contributed by atoms with Crippen LogP contribution in [0.15, 0.2) is 53.3 Å². The molecule has 2 aromatic carbocycles. The van der Waals surface area contributed by atoms with Gasteiger partial charge in [0.2, 0.25) is 10.5 Å². The number of aromatic amines is 1. The van der Waals surface area contributed by atoms with Crippen molar-refractivity contribution >= 4 is 18.0 Å². The number of nitrogens with one attached hydrogen (secondary N) is 1. The Morgan fingerprint density at radius 2 is 1.87 bits per heavy atom. The SMILES string of the molecule is Cc1cccc(-n2c(=O)c3c(n4c(=S)[nH]nc24)-c2ccccc2CC32CCCCC2)c1. The molecule has 156 valence electrons. The molecule has 0 aliphatic heterocycles.